The standard InChI is InChI=1S/C17H17N5O3S/c1-18-26(24,25)13-8-6-11(7-9-13)14-3-2-10-22-15(14)19-17(21-22)20-16(23)12-4-5-12/h2-3,6-10,12,18H,4-5H2,1H3,(H,20,21,23). The van der Waals surface area contributed by atoms with Crippen molar-refractivity contribution in [1.29, 1.82) is 0 Å². The summed E-state index contributed by atoms with van der Waals surface area (Å²) >= 11 is 0. The van der Waals surface area contributed by atoms with Crippen LogP contribution < -0.4 is 10.0 Å². The maximum atomic E-state index is 11.9. The minimum absolute atomic E-state index is 0.0518. The summed E-state index contributed by atoms with van der Waals surface area (Å²) in [7, 11) is -2.11. The quantitative estimate of drug-likeness (QED) is 0.709. The molecule has 2 heterocycles. The van der Waals surface area contributed by atoms with Crippen LogP contribution in [0.25, 0.3) is 16.8 Å². The van der Waals surface area contributed by atoms with E-state index >= 15 is 0 Å². The molecule has 2 aromatic heterocycles. The van der Waals surface area contributed by atoms with E-state index in [4.69, 9.17) is 0 Å². The van der Waals surface area contributed by atoms with E-state index in [1.807, 2.05) is 12.1 Å². The number of sulfonamides is 1. The van der Waals surface area contributed by atoms with Crippen molar-refractivity contribution < 1.29 is 13.2 Å². The second-order valence-electron chi connectivity index (χ2n) is 6.12. The van der Waals surface area contributed by atoms with E-state index in [2.05, 4.69) is 20.1 Å². The lowest BCUT2D eigenvalue weighted by Gasteiger charge is -2.05. The Balaban J connectivity index is 1.69. The topological polar surface area (TPSA) is 105 Å². The summed E-state index contributed by atoms with van der Waals surface area (Å²) < 4.78 is 27.6. The number of amides is 1. The third-order valence-corrected chi connectivity index (χ3v) is 5.72. The van der Waals surface area contributed by atoms with Gasteiger partial charge in [-0.05, 0) is 49.7 Å². The zero-order chi connectivity index (χ0) is 18.3. The zero-order valence-corrected chi connectivity index (χ0v) is 14.8. The average Bonchev–Trinajstić information content (AvgIpc) is 3.42. The number of carbonyl (C=O) groups excluding carboxylic acids is 1. The van der Waals surface area contributed by atoms with Crippen molar-refractivity contribution in [3.63, 3.8) is 0 Å². The first-order valence-electron chi connectivity index (χ1n) is 8.18. The molecule has 1 aliphatic rings. The molecule has 0 saturated heterocycles. The Kier molecular flexibility index (Phi) is 3.97. The highest BCUT2D eigenvalue weighted by molar-refractivity contribution is 7.89. The van der Waals surface area contributed by atoms with Gasteiger partial charge in [-0.2, -0.15) is 4.98 Å². The molecule has 1 amide bonds. The lowest BCUT2D eigenvalue weighted by atomic mass is 10.1. The molecule has 1 fully saturated rings. The summed E-state index contributed by atoms with van der Waals surface area (Å²) in [5.41, 5.74) is 2.18. The van der Waals surface area contributed by atoms with E-state index in [9.17, 15) is 13.2 Å². The molecule has 8 nitrogen and oxygen atoms in total. The van der Waals surface area contributed by atoms with Gasteiger partial charge < -0.3 is 0 Å². The first kappa shape index (κ1) is 16.7. The molecule has 3 aromatic rings. The Morgan fingerprint density at radius 3 is 2.58 bits per heavy atom. The normalized spacial score (nSPS) is 14.5. The van der Waals surface area contributed by atoms with Crippen LogP contribution in [0.3, 0.4) is 0 Å². The average molecular weight is 371 g/mol. The number of hydrogen-bond acceptors (Lipinski definition) is 5. The number of anilines is 1. The van der Waals surface area contributed by atoms with E-state index in [0.29, 0.717) is 5.65 Å². The molecule has 134 valence electrons. The molecule has 0 radical (unpaired) electrons. The van der Waals surface area contributed by atoms with E-state index < -0.39 is 10.0 Å². The van der Waals surface area contributed by atoms with Crippen molar-refractivity contribution in [2.45, 2.75) is 17.7 Å². The Morgan fingerprint density at radius 1 is 1.19 bits per heavy atom. The van der Waals surface area contributed by atoms with Gasteiger partial charge in [0, 0.05) is 17.7 Å². The minimum Gasteiger partial charge on any atom is -0.293 e. The molecule has 1 saturated carbocycles. The van der Waals surface area contributed by atoms with Gasteiger partial charge in [0.25, 0.3) is 0 Å². The Bertz CT molecular complexity index is 1090. The van der Waals surface area contributed by atoms with Crippen LogP contribution in [0, 0.1) is 5.92 Å². The van der Waals surface area contributed by atoms with Crippen LogP contribution in [-0.2, 0) is 14.8 Å². The number of fused-ring (bicyclic) bond motifs is 1. The number of rotatable bonds is 5. The van der Waals surface area contributed by atoms with E-state index in [1.165, 1.54) is 19.2 Å². The van der Waals surface area contributed by atoms with E-state index in [0.717, 1.165) is 24.0 Å². The van der Waals surface area contributed by atoms with Crippen LogP contribution in [0.15, 0.2) is 47.5 Å². The predicted molar refractivity (Wildman–Crippen MR) is 96.0 cm³/mol. The van der Waals surface area contributed by atoms with Gasteiger partial charge in [-0.3, -0.25) is 10.1 Å². The van der Waals surface area contributed by atoms with Gasteiger partial charge in [0.05, 0.1) is 4.90 Å². The number of benzene rings is 1. The van der Waals surface area contributed by atoms with Gasteiger partial charge in [0.2, 0.25) is 21.9 Å². The summed E-state index contributed by atoms with van der Waals surface area (Å²) in [4.78, 5) is 16.5. The molecule has 0 unspecified atom stereocenters. The lowest BCUT2D eigenvalue weighted by Crippen LogP contribution is -2.18. The third kappa shape index (κ3) is 3.06. The summed E-state index contributed by atoms with van der Waals surface area (Å²) in [5, 5.41) is 7.03. The highest BCUT2D eigenvalue weighted by Gasteiger charge is 2.30. The van der Waals surface area contributed by atoms with Crippen LogP contribution in [-0.4, -0.2) is 36.0 Å². The summed E-state index contributed by atoms with van der Waals surface area (Å²) in [6, 6.07) is 10.2. The number of pyridine rings is 1. The molecule has 1 aromatic carbocycles. The number of carbonyl (C=O) groups is 1. The van der Waals surface area contributed by atoms with Gasteiger partial charge in [0.1, 0.15) is 0 Å². The first-order chi connectivity index (χ1) is 12.5. The molecule has 0 atom stereocenters. The summed E-state index contributed by atoms with van der Waals surface area (Å²) in [5.74, 6) is 0.288. The highest BCUT2D eigenvalue weighted by Crippen LogP contribution is 2.30. The van der Waals surface area contributed by atoms with Crippen LogP contribution in [0.4, 0.5) is 5.95 Å². The van der Waals surface area contributed by atoms with Crippen molar-refractivity contribution in [2.24, 2.45) is 5.92 Å². The van der Waals surface area contributed by atoms with Gasteiger partial charge in [-0.25, -0.2) is 17.7 Å². The second-order valence-corrected chi connectivity index (χ2v) is 8.01. The zero-order valence-electron chi connectivity index (χ0n) is 14.0. The SMILES string of the molecule is CNS(=O)(=O)c1ccc(-c2cccn3nc(NC(=O)C4CC4)nc23)cc1. The number of nitrogens with one attached hydrogen (secondary N) is 2. The van der Waals surface area contributed by atoms with Gasteiger partial charge in [0.15, 0.2) is 5.65 Å². The number of nitrogens with zero attached hydrogens (tertiary/aromatic N) is 3. The molecule has 2 N–H and O–H groups in total. The summed E-state index contributed by atoms with van der Waals surface area (Å²) in [6.07, 6.45) is 3.57. The molecule has 4 rings (SSSR count). The van der Waals surface area contributed by atoms with Crippen molar-refractivity contribution in [3.05, 3.63) is 42.6 Å². The van der Waals surface area contributed by atoms with Crippen molar-refractivity contribution in [3.8, 4) is 11.1 Å². The minimum atomic E-state index is -3.48. The molecule has 9 heteroatoms. The Hall–Kier alpha value is -2.78. The molecular formula is C17H17N5O3S. The molecule has 0 spiro atoms. The summed E-state index contributed by atoms with van der Waals surface area (Å²) in [6.45, 7) is 0. The Labute approximate surface area is 150 Å². The molecule has 0 aliphatic heterocycles. The molecular weight excluding hydrogens is 354 g/mol. The van der Waals surface area contributed by atoms with Crippen LogP contribution in [0.2, 0.25) is 0 Å². The number of aromatic nitrogens is 3. The fourth-order valence-corrected chi connectivity index (χ4v) is 3.40. The van der Waals surface area contributed by atoms with Crippen LogP contribution >= 0.6 is 0 Å². The largest absolute Gasteiger partial charge is 0.293 e. The lowest BCUT2D eigenvalue weighted by molar-refractivity contribution is -0.117. The fourth-order valence-electron chi connectivity index (χ4n) is 2.67. The number of hydrogen-bond donors (Lipinski definition) is 2. The van der Waals surface area contributed by atoms with Crippen LogP contribution in [0.1, 0.15) is 12.8 Å². The van der Waals surface area contributed by atoms with Crippen molar-refractivity contribution >= 4 is 27.5 Å². The molecule has 26 heavy (non-hydrogen) atoms. The fraction of sp³-hybridized carbons (Fsp3) is 0.235. The predicted octanol–water partition coefficient (Wildman–Crippen LogP) is 1.65. The molecule has 1 aliphatic carbocycles. The maximum absolute atomic E-state index is 11.9. The van der Waals surface area contributed by atoms with Gasteiger partial charge in [-0.15, -0.1) is 5.10 Å². The highest BCUT2D eigenvalue weighted by atomic mass is 32.2. The van der Waals surface area contributed by atoms with Crippen molar-refractivity contribution in [1.82, 2.24) is 19.3 Å². The Morgan fingerprint density at radius 2 is 1.92 bits per heavy atom. The smallest absolute Gasteiger partial charge is 0.249 e. The van der Waals surface area contributed by atoms with Crippen molar-refractivity contribution in [2.75, 3.05) is 12.4 Å². The monoisotopic (exact) mass is 371 g/mol. The second kappa shape index (κ2) is 6.19. The van der Waals surface area contributed by atoms with Gasteiger partial charge in [-0.1, -0.05) is 12.1 Å². The van der Waals surface area contributed by atoms with Crippen LogP contribution in [0.5, 0.6) is 0 Å². The van der Waals surface area contributed by atoms with Gasteiger partial charge >= 0.3 is 0 Å². The first-order valence-corrected chi connectivity index (χ1v) is 9.66. The maximum Gasteiger partial charge on any atom is 0.249 e. The molecule has 0 bridgehead atoms. The third-order valence-electron chi connectivity index (χ3n) is 4.29. The van der Waals surface area contributed by atoms with E-state index in [-0.39, 0.29) is 22.7 Å². The van der Waals surface area contributed by atoms with E-state index in [1.54, 1.807) is 22.8 Å².